The fourth-order valence-corrected chi connectivity index (χ4v) is 28.6. The van der Waals surface area contributed by atoms with Crippen LogP contribution in [0.5, 0.6) is 0 Å². The van der Waals surface area contributed by atoms with Crippen LogP contribution in [-0.2, 0) is 0 Å². The first-order valence-electron chi connectivity index (χ1n) is 41.0. The third-order valence-electron chi connectivity index (χ3n) is 20.5. The normalized spacial score (nSPS) is 12.2. The van der Waals surface area contributed by atoms with E-state index in [-0.39, 0.29) is 0 Å². The Morgan fingerprint density at radius 1 is 0.187 bits per heavy atom. The van der Waals surface area contributed by atoms with E-state index in [2.05, 4.69) is 459 Å². The van der Waals surface area contributed by atoms with E-state index < -0.39 is 72.7 Å². The van der Waals surface area contributed by atoms with Crippen LogP contribution in [0, 0.1) is 55.4 Å². The van der Waals surface area contributed by atoms with Gasteiger partial charge in [0.15, 0.2) is 0 Å². The zero-order valence-corrected chi connectivity index (χ0v) is 87.4. The van der Waals surface area contributed by atoms with Crippen molar-refractivity contribution in [2.45, 2.75) is 331 Å². The number of aryl methyl sites for hydroxylation is 5. The lowest BCUT2D eigenvalue weighted by Gasteiger charge is -2.30. The molecule has 107 heavy (non-hydrogen) atoms. The standard InChI is InChI=1S/C16H32Si3.3C13H24Si2.C13H20.3C10H14/c1-13-15(18(5,6)7)11-14(17(2,3)4)12-16(13)19(8,9)10;1-11-8-12(14(2,3)4)10-13(9-11)15(5,6)7;1-11-8-9-12(14(2,3)4)10-13(11)15(5,6)7;1-11-12(14(2,3)4)9-8-10-13(11)15(5,6)7;1-9(2)12-7-6-8-13(10(3)4)11(12)5;1-8(2)10-6-4-9(3)5-7-10;1-8(2)10-6-4-5-9(3)7-10;1-8(2)10-7-5-4-6-9(10)3/h11-12H,1-10H3;3*8-10H,1-7H3;6-10H,1-5H3;3*4-8H,1-3H3. The van der Waals surface area contributed by atoms with Crippen LogP contribution < -0.4 is 46.7 Å². The maximum atomic E-state index is 2.57. The molecule has 8 aromatic carbocycles. The van der Waals surface area contributed by atoms with Gasteiger partial charge < -0.3 is 0 Å². The van der Waals surface area contributed by atoms with E-state index in [9.17, 15) is 0 Å². The molecular weight excluding hydrogens is 1430 g/mol. The minimum atomic E-state index is -1.25. The molecule has 8 aromatic rings. The van der Waals surface area contributed by atoms with Crippen LogP contribution in [0.3, 0.4) is 0 Å². The molecule has 0 fully saturated rings. The SMILES string of the molecule is Cc1c(C(C)C)cccc1C(C)C.Cc1c([Si](C)(C)C)cc([Si](C)(C)C)cc1[Si](C)(C)C.Cc1c([Si](C)(C)C)cccc1[Si](C)(C)C.Cc1cc([Si](C)(C)C)cc([Si](C)(C)C)c1.Cc1ccc(C(C)C)cc1.Cc1ccc([Si](C)(C)C)cc1[Si](C)(C)C.Cc1cccc(C(C)C)c1.Cc1ccccc1C(C)C. The zero-order valence-electron chi connectivity index (χ0n) is 78.4. The summed E-state index contributed by atoms with van der Waals surface area (Å²) in [6, 6.07) is 59.1. The Labute approximate surface area is 675 Å². The maximum Gasteiger partial charge on any atom is 0.0779 e. The highest BCUT2D eigenvalue weighted by molar-refractivity contribution is 6.96. The molecule has 0 atom stereocenters. The molecule has 0 bridgehead atoms. The van der Waals surface area contributed by atoms with Gasteiger partial charge in [-0.15, -0.1) is 0 Å². The van der Waals surface area contributed by atoms with Gasteiger partial charge in [-0.05, 0) is 124 Å². The van der Waals surface area contributed by atoms with Crippen molar-refractivity contribution in [3.05, 3.63) is 230 Å². The predicted octanol–water partition coefficient (Wildman–Crippen LogP) is 26.5. The second kappa shape index (κ2) is 42.0. The molecule has 0 radical (unpaired) electrons. The van der Waals surface area contributed by atoms with Gasteiger partial charge in [-0.1, -0.05) is 484 Å². The van der Waals surface area contributed by atoms with E-state index in [1.165, 1.54) is 61.2 Å². The second-order valence-electron chi connectivity index (χ2n) is 42.1. The van der Waals surface area contributed by atoms with Gasteiger partial charge in [-0.2, -0.15) is 0 Å². The molecule has 0 aromatic heterocycles. The van der Waals surface area contributed by atoms with Crippen molar-refractivity contribution in [3.8, 4) is 0 Å². The van der Waals surface area contributed by atoms with E-state index in [0.717, 1.165) is 0 Å². The van der Waals surface area contributed by atoms with Crippen molar-refractivity contribution in [2.24, 2.45) is 0 Å². The lowest BCUT2D eigenvalue weighted by molar-refractivity contribution is 0.817. The van der Waals surface area contributed by atoms with Gasteiger partial charge in [0.2, 0.25) is 0 Å². The highest BCUT2D eigenvalue weighted by Crippen LogP contribution is 2.27. The summed E-state index contributed by atoms with van der Waals surface area (Å²) in [6.07, 6.45) is 0. The fourth-order valence-electron chi connectivity index (χ4n) is 13.6. The monoisotopic (exact) mass is 1600 g/mol. The Hall–Kier alpha value is -4.29. The minimum absolute atomic E-state index is 0.638. The lowest BCUT2D eigenvalue weighted by atomic mass is 9.90. The Morgan fingerprint density at radius 2 is 0.514 bits per heavy atom. The molecule has 8 rings (SSSR count). The van der Waals surface area contributed by atoms with Crippen molar-refractivity contribution in [2.75, 3.05) is 0 Å². The summed E-state index contributed by atoms with van der Waals surface area (Å²) in [5.41, 5.74) is 19.0. The first-order valence-corrected chi connectivity index (χ1v) is 72.5. The van der Waals surface area contributed by atoms with E-state index in [4.69, 9.17) is 0 Å². The molecule has 0 aliphatic carbocycles. The van der Waals surface area contributed by atoms with Gasteiger partial charge in [0.05, 0.1) is 72.7 Å². The molecular formula is C98H166Si9. The molecule has 0 aliphatic heterocycles. The third kappa shape index (κ3) is 35.1. The molecule has 0 unspecified atom stereocenters. The molecule has 0 saturated carbocycles. The van der Waals surface area contributed by atoms with Crippen molar-refractivity contribution in [1.29, 1.82) is 0 Å². The van der Waals surface area contributed by atoms with Crippen LogP contribution in [-0.4, -0.2) is 72.7 Å². The summed E-state index contributed by atoms with van der Waals surface area (Å²) in [5, 5.41) is 14.8. The largest absolute Gasteiger partial charge is 0.0779 e. The van der Waals surface area contributed by atoms with Crippen LogP contribution in [0.4, 0.5) is 0 Å². The number of hydrogen-bond donors (Lipinski definition) is 0. The number of benzene rings is 8. The Bertz CT molecular complexity index is 3840. The Balaban J connectivity index is 0.000000617. The van der Waals surface area contributed by atoms with E-state index in [1.807, 2.05) is 0 Å². The van der Waals surface area contributed by atoms with Gasteiger partial charge >= 0.3 is 0 Å². The zero-order chi connectivity index (χ0) is 83.5. The average Bonchev–Trinajstić information content (AvgIpc) is 0.770. The number of hydrogen-bond acceptors (Lipinski definition) is 0. The summed E-state index contributed by atoms with van der Waals surface area (Å²) in [6.45, 7) is 106. The number of rotatable bonds is 14. The summed E-state index contributed by atoms with van der Waals surface area (Å²) in [5.74, 6) is 3.24. The molecule has 594 valence electrons. The molecule has 0 amide bonds. The van der Waals surface area contributed by atoms with Gasteiger partial charge in [-0.3, -0.25) is 0 Å². The summed E-state index contributed by atoms with van der Waals surface area (Å²) in [4.78, 5) is 0. The van der Waals surface area contributed by atoms with Crippen LogP contribution in [0.1, 0.15) is 171 Å². The first-order chi connectivity index (χ1) is 48.3. The van der Waals surface area contributed by atoms with Crippen LogP contribution in [0.2, 0.25) is 177 Å². The van der Waals surface area contributed by atoms with Gasteiger partial charge in [0.1, 0.15) is 0 Å². The fraction of sp³-hybridized carbons (Fsp3) is 0.510. The molecule has 0 spiro atoms. The highest BCUT2D eigenvalue weighted by atomic mass is 28.3. The predicted molar refractivity (Wildman–Crippen MR) is 527 cm³/mol. The molecule has 0 saturated heterocycles. The van der Waals surface area contributed by atoms with Gasteiger partial charge in [-0.25, -0.2) is 0 Å². The van der Waals surface area contributed by atoms with Crippen LogP contribution in [0.15, 0.2) is 158 Å². The molecule has 9 heteroatoms. The van der Waals surface area contributed by atoms with Gasteiger partial charge in [0.25, 0.3) is 0 Å². The molecule has 0 N–H and O–H groups in total. The van der Waals surface area contributed by atoms with E-state index in [1.54, 1.807) is 57.8 Å². The second-order valence-corrected chi connectivity index (χ2v) is 87.6. The Morgan fingerprint density at radius 3 is 0.832 bits per heavy atom. The highest BCUT2D eigenvalue weighted by Gasteiger charge is 2.31. The minimum Gasteiger partial charge on any atom is -0.0656 e. The van der Waals surface area contributed by atoms with Gasteiger partial charge in [0, 0.05) is 0 Å². The van der Waals surface area contributed by atoms with Crippen molar-refractivity contribution in [1.82, 2.24) is 0 Å². The summed E-state index contributed by atoms with van der Waals surface area (Å²) >= 11 is 0. The average molecular weight is 1600 g/mol. The topological polar surface area (TPSA) is 0 Å². The Kier molecular flexibility index (Phi) is 39.5. The first kappa shape index (κ1) is 101. The van der Waals surface area contributed by atoms with Crippen molar-refractivity contribution in [3.63, 3.8) is 0 Å². The molecule has 0 nitrogen and oxygen atoms in total. The summed E-state index contributed by atoms with van der Waals surface area (Å²) in [7, 11) is -10.7. The molecule has 0 heterocycles. The van der Waals surface area contributed by atoms with Crippen LogP contribution >= 0.6 is 0 Å². The maximum absolute atomic E-state index is 2.57. The van der Waals surface area contributed by atoms with Crippen LogP contribution in [0.25, 0.3) is 0 Å². The smallest absolute Gasteiger partial charge is 0.0656 e. The lowest BCUT2D eigenvalue weighted by Crippen LogP contribution is -2.53. The van der Waals surface area contributed by atoms with E-state index >= 15 is 0 Å². The quantitative estimate of drug-likeness (QED) is 0.0952. The van der Waals surface area contributed by atoms with Crippen molar-refractivity contribution < 1.29 is 0 Å². The third-order valence-corrected chi connectivity index (χ3v) is 39.3. The van der Waals surface area contributed by atoms with E-state index in [0.29, 0.717) is 29.6 Å². The molecule has 0 aliphatic rings. The van der Waals surface area contributed by atoms with Crippen molar-refractivity contribution >= 4 is 119 Å². The summed E-state index contributed by atoms with van der Waals surface area (Å²) < 4.78 is 0.